The zero-order chi connectivity index (χ0) is 11.8. The molecule has 88 valence electrons. The molecule has 0 aliphatic heterocycles. The Morgan fingerprint density at radius 3 is 2.47 bits per heavy atom. The highest BCUT2D eigenvalue weighted by Crippen LogP contribution is 2.00. The molecule has 0 heterocycles. The quantitative estimate of drug-likeness (QED) is 0.512. The van der Waals surface area contributed by atoms with E-state index in [1.165, 1.54) is 6.92 Å². The lowest BCUT2D eigenvalue weighted by Gasteiger charge is -2.19. The van der Waals surface area contributed by atoms with Crippen LogP contribution in [0.5, 0.6) is 0 Å². The lowest BCUT2D eigenvalue weighted by atomic mass is 10.4. The summed E-state index contributed by atoms with van der Waals surface area (Å²) in [5, 5.41) is 8.52. The molecule has 0 saturated heterocycles. The highest BCUT2D eigenvalue weighted by atomic mass is 19.3. The van der Waals surface area contributed by atoms with Crippen LogP contribution in [-0.4, -0.2) is 54.6 Å². The number of aliphatic hydroxyl groups is 1. The summed E-state index contributed by atoms with van der Waals surface area (Å²) >= 11 is 0. The Bertz CT molecular complexity index is 223. The van der Waals surface area contributed by atoms with Crippen LogP contribution in [0.25, 0.3) is 0 Å². The molecule has 5 nitrogen and oxygen atoms in total. The van der Waals surface area contributed by atoms with Crippen molar-refractivity contribution in [1.29, 1.82) is 0 Å². The summed E-state index contributed by atoms with van der Waals surface area (Å²) in [5.41, 5.74) is 0. The van der Waals surface area contributed by atoms with Gasteiger partial charge in [0.25, 0.3) is 6.43 Å². The number of rotatable bonds is 5. The average molecular weight is 225 g/mol. The summed E-state index contributed by atoms with van der Waals surface area (Å²) in [6.45, 7) is -0.209. The third-order valence-electron chi connectivity index (χ3n) is 1.47. The van der Waals surface area contributed by atoms with Gasteiger partial charge in [-0.2, -0.15) is 0 Å². The minimum atomic E-state index is -2.75. The van der Waals surface area contributed by atoms with Crippen LogP contribution in [0.2, 0.25) is 0 Å². The molecule has 0 aromatic carbocycles. The van der Waals surface area contributed by atoms with Crippen LogP contribution in [0, 0.1) is 0 Å². The van der Waals surface area contributed by atoms with Gasteiger partial charge in [0, 0.05) is 6.54 Å². The van der Waals surface area contributed by atoms with Crippen LogP contribution in [0.15, 0.2) is 0 Å². The topological polar surface area (TPSA) is 66.8 Å². The summed E-state index contributed by atoms with van der Waals surface area (Å²) in [4.78, 5) is 22.6. The van der Waals surface area contributed by atoms with E-state index in [0.717, 1.165) is 0 Å². The summed E-state index contributed by atoms with van der Waals surface area (Å²) in [7, 11) is 0. The first-order valence-corrected chi connectivity index (χ1v) is 4.38. The third kappa shape index (κ3) is 5.26. The zero-order valence-corrected chi connectivity index (χ0v) is 8.28. The highest BCUT2D eigenvalue weighted by molar-refractivity contribution is 6.32. The van der Waals surface area contributed by atoms with Crippen molar-refractivity contribution in [2.45, 2.75) is 13.3 Å². The van der Waals surface area contributed by atoms with Gasteiger partial charge in [-0.15, -0.1) is 0 Å². The molecule has 0 atom stereocenters. The summed E-state index contributed by atoms with van der Waals surface area (Å²) < 4.78 is 28.3. The van der Waals surface area contributed by atoms with E-state index in [1.807, 2.05) is 0 Å². The highest BCUT2D eigenvalue weighted by Gasteiger charge is 2.25. The molecule has 0 saturated carbocycles. The number of aliphatic hydroxyl groups excluding tert-OH is 1. The molecule has 0 aromatic heterocycles. The molecular formula is C8H13F2NO4. The first-order valence-electron chi connectivity index (χ1n) is 4.38. The molecule has 0 spiro atoms. The Labute approximate surface area is 85.6 Å². The number of hydrogen-bond donors (Lipinski definition) is 1. The van der Waals surface area contributed by atoms with Crippen molar-refractivity contribution in [3.63, 3.8) is 0 Å². The van der Waals surface area contributed by atoms with E-state index in [1.54, 1.807) is 0 Å². The molecule has 0 fully saturated rings. The predicted octanol–water partition coefficient (Wildman–Crippen LogP) is -0.365. The number of hydrogen-bond acceptors (Lipinski definition) is 4. The summed E-state index contributed by atoms with van der Waals surface area (Å²) in [5.74, 6) is -2.35. The second kappa shape index (κ2) is 7.10. The van der Waals surface area contributed by atoms with E-state index in [0.29, 0.717) is 4.90 Å². The van der Waals surface area contributed by atoms with Crippen molar-refractivity contribution in [2.24, 2.45) is 0 Å². The van der Waals surface area contributed by atoms with E-state index in [4.69, 9.17) is 5.11 Å². The molecule has 0 aliphatic carbocycles. The van der Waals surface area contributed by atoms with Crippen LogP contribution in [0.4, 0.5) is 8.78 Å². The van der Waals surface area contributed by atoms with E-state index in [2.05, 4.69) is 4.74 Å². The third-order valence-corrected chi connectivity index (χ3v) is 1.47. The van der Waals surface area contributed by atoms with E-state index in [9.17, 15) is 18.4 Å². The SMILES string of the molecule is CCOC(=O)C(=O)N(CCO)CC(F)F. The Morgan fingerprint density at radius 1 is 1.47 bits per heavy atom. The van der Waals surface area contributed by atoms with Gasteiger partial charge in [-0.05, 0) is 6.92 Å². The fourth-order valence-electron chi connectivity index (χ4n) is 0.885. The Hall–Kier alpha value is -1.24. The standard InChI is InChI=1S/C8H13F2NO4/c1-2-15-8(14)7(13)11(3-4-12)5-6(9)10/h6,12H,2-5H2,1H3. The summed E-state index contributed by atoms with van der Waals surface area (Å²) in [6.07, 6.45) is -2.75. The van der Waals surface area contributed by atoms with E-state index in [-0.39, 0.29) is 13.2 Å². The maximum atomic E-state index is 12.0. The zero-order valence-electron chi connectivity index (χ0n) is 8.28. The van der Waals surface area contributed by atoms with Gasteiger partial charge >= 0.3 is 11.9 Å². The first kappa shape index (κ1) is 13.8. The normalized spacial score (nSPS) is 10.2. The molecule has 0 radical (unpaired) electrons. The number of esters is 1. The van der Waals surface area contributed by atoms with Crippen molar-refractivity contribution in [2.75, 3.05) is 26.3 Å². The van der Waals surface area contributed by atoms with Crippen LogP contribution < -0.4 is 0 Å². The van der Waals surface area contributed by atoms with E-state index >= 15 is 0 Å². The monoisotopic (exact) mass is 225 g/mol. The largest absolute Gasteiger partial charge is 0.459 e. The van der Waals surface area contributed by atoms with Crippen LogP contribution in [0.1, 0.15) is 6.92 Å². The van der Waals surface area contributed by atoms with Crippen molar-refractivity contribution < 1.29 is 28.2 Å². The van der Waals surface area contributed by atoms with Crippen molar-refractivity contribution >= 4 is 11.9 Å². The first-order chi connectivity index (χ1) is 7.02. The summed E-state index contributed by atoms with van der Waals surface area (Å²) in [6, 6.07) is 0. The molecule has 0 unspecified atom stereocenters. The fraction of sp³-hybridized carbons (Fsp3) is 0.750. The van der Waals surface area contributed by atoms with Gasteiger partial charge in [-0.3, -0.25) is 4.79 Å². The molecule has 0 aromatic rings. The number of carbonyl (C=O) groups excluding carboxylic acids is 2. The lowest BCUT2D eigenvalue weighted by Crippen LogP contribution is -2.42. The number of nitrogens with zero attached hydrogens (tertiary/aromatic N) is 1. The molecular weight excluding hydrogens is 212 g/mol. The van der Waals surface area contributed by atoms with E-state index < -0.39 is 31.5 Å². The van der Waals surface area contributed by atoms with Crippen molar-refractivity contribution in [3.05, 3.63) is 0 Å². The second-order valence-corrected chi connectivity index (χ2v) is 2.59. The number of carbonyl (C=O) groups is 2. The number of ether oxygens (including phenoxy) is 1. The Balaban J connectivity index is 4.33. The van der Waals surface area contributed by atoms with Gasteiger partial charge < -0.3 is 14.7 Å². The van der Waals surface area contributed by atoms with Crippen LogP contribution in [0.3, 0.4) is 0 Å². The van der Waals surface area contributed by atoms with Gasteiger partial charge in [-0.1, -0.05) is 0 Å². The van der Waals surface area contributed by atoms with Gasteiger partial charge in [0.2, 0.25) is 0 Å². The predicted molar refractivity (Wildman–Crippen MR) is 46.3 cm³/mol. The minimum Gasteiger partial charge on any atom is -0.459 e. The molecule has 7 heteroatoms. The minimum absolute atomic E-state index is 0.00772. The Morgan fingerprint density at radius 2 is 2.07 bits per heavy atom. The lowest BCUT2D eigenvalue weighted by molar-refractivity contribution is -0.160. The van der Waals surface area contributed by atoms with Crippen molar-refractivity contribution in [3.8, 4) is 0 Å². The smallest absolute Gasteiger partial charge is 0.397 e. The van der Waals surface area contributed by atoms with Gasteiger partial charge in [0.05, 0.1) is 19.8 Å². The maximum Gasteiger partial charge on any atom is 0.397 e. The number of amides is 1. The van der Waals surface area contributed by atoms with Gasteiger partial charge in [0.15, 0.2) is 0 Å². The number of halogens is 2. The molecule has 15 heavy (non-hydrogen) atoms. The maximum absolute atomic E-state index is 12.0. The molecule has 0 rings (SSSR count). The van der Waals surface area contributed by atoms with Crippen molar-refractivity contribution in [1.82, 2.24) is 4.90 Å². The van der Waals surface area contributed by atoms with Crippen LogP contribution >= 0.6 is 0 Å². The number of alkyl halides is 2. The fourth-order valence-corrected chi connectivity index (χ4v) is 0.885. The van der Waals surface area contributed by atoms with Crippen LogP contribution in [-0.2, 0) is 14.3 Å². The average Bonchev–Trinajstić information content (AvgIpc) is 2.16. The molecule has 0 bridgehead atoms. The molecule has 1 N–H and O–H groups in total. The van der Waals surface area contributed by atoms with Gasteiger partial charge in [-0.25, -0.2) is 13.6 Å². The molecule has 1 amide bonds. The Kier molecular flexibility index (Phi) is 6.52. The van der Waals surface area contributed by atoms with Gasteiger partial charge in [0.1, 0.15) is 0 Å². The second-order valence-electron chi connectivity index (χ2n) is 2.59. The molecule has 0 aliphatic rings.